The summed E-state index contributed by atoms with van der Waals surface area (Å²) in [5.74, 6) is -0.288. The van der Waals surface area contributed by atoms with E-state index in [0.717, 1.165) is 6.54 Å². The lowest BCUT2D eigenvalue weighted by atomic mass is 9.84. The first-order valence-corrected chi connectivity index (χ1v) is 6.68. The maximum absolute atomic E-state index is 10.9. The van der Waals surface area contributed by atoms with Gasteiger partial charge in [0.2, 0.25) is 5.91 Å². The number of nitrogens with zero attached hydrogens (tertiary/aromatic N) is 1. The lowest BCUT2D eigenvalue weighted by Gasteiger charge is -2.24. The smallest absolute Gasteiger partial charge is 0.231 e. The van der Waals surface area contributed by atoms with Crippen LogP contribution in [0.3, 0.4) is 0 Å². The molecular weight excluding hydrogens is 236 g/mol. The number of primary amides is 1. The number of rotatable bonds is 4. The molecular formula is C16H26N2O. The molecule has 0 bridgehead atoms. The van der Waals surface area contributed by atoms with Gasteiger partial charge in [-0.2, -0.15) is 0 Å². The van der Waals surface area contributed by atoms with Crippen molar-refractivity contribution in [2.24, 2.45) is 5.73 Å². The van der Waals surface area contributed by atoms with Crippen LogP contribution >= 0.6 is 0 Å². The third-order valence-corrected chi connectivity index (χ3v) is 3.42. The predicted molar refractivity (Wildman–Crippen MR) is 80.1 cm³/mol. The molecule has 0 atom stereocenters. The van der Waals surface area contributed by atoms with Crippen LogP contribution in [0.5, 0.6) is 0 Å². The van der Waals surface area contributed by atoms with Gasteiger partial charge in [-0.1, -0.05) is 32.9 Å². The van der Waals surface area contributed by atoms with Crippen molar-refractivity contribution in [3.63, 3.8) is 0 Å². The van der Waals surface area contributed by atoms with Crippen molar-refractivity contribution in [2.75, 3.05) is 13.6 Å². The molecule has 0 aliphatic carbocycles. The van der Waals surface area contributed by atoms with Crippen LogP contribution in [-0.4, -0.2) is 24.4 Å². The molecule has 3 nitrogen and oxygen atoms in total. The van der Waals surface area contributed by atoms with E-state index >= 15 is 0 Å². The number of likely N-dealkylation sites (N-methyl/N-ethyl adjacent to an activating group) is 1. The Hall–Kier alpha value is -1.35. The average molecular weight is 262 g/mol. The van der Waals surface area contributed by atoms with Gasteiger partial charge >= 0.3 is 0 Å². The Bertz CT molecular complexity index is 449. The fourth-order valence-electron chi connectivity index (χ4n) is 2.27. The highest BCUT2D eigenvalue weighted by molar-refractivity contribution is 5.75. The van der Waals surface area contributed by atoms with Crippen molar-refractivity contribution in [2.45, 2.75) is 46.6 Å². The van der Waals surface area contributed by atoms with Gasteiger partial charge in [0.05, 0.1) is 6.54 Å². The van der Waals surface area contributed by atoms with Crippen molar-refractivity contribution in [1.82, 2.24) is 4.90 Å². The zero-order chi connectivity index (χ0) is 14.8. The van der Waals surface area contributed by atoms with Crippen molar-refractivity contribution in [3.05, 3.63) is 34.4 Å². The summed E-state index contributed by atoms with van der Waals surface area (Å²) in [6.07, 6.45) is 0. The second-order valence-corrected chi connectivity index (χ2v) is 6.48. The van der Waals surface area contributed by atoms with Crippen LogP contribution in [0.25, 0.3) is 0 Å². The minimum atomic E-state index is -0.288. The first kappa shape index (κ1) is 15.7. The lowest BCUT2D eigenvalue weighted by molar-refractivity contribution is -0.118. The number of amides is 1. The van der Waals surface area contributed by atoms with Crippen LogP contribution in [0.2, 0.25) is 0 Å². The minimum Gasteiger partial charge on any atom is -0.369 e. The van der Waals surface area contributed by atoms with E-state index in [2.05, 4.69) is 46.8 Å². The summed E-state index contributed by atoms with van der Waals surface area (Å²) in [6, 6.07) is 4.50. The first-order valence-electron chi connectivity index (χ1n) is 6.68. The maximum Gasteiger partial charge on any atom is 0.231 e. The third kappa shape index (κ3) is 4.35. The molecule has 1 aromatic carbocycles. The largest absolute Gasteiger partial charge is 0.369 e. The van der Waals surface area contributed by atoms with Gasteiger partial charge in [-0.25, -0.2) is 0 Å². The van der Waals surface area contributed by atoms with Crippen molar-refractivity contribution < 1.29 is 4.79 Å². The Morgan fingerprint density at radius 3 is 2.05 bits per heavy atom. The van der Waals surface area contributed by atoms with E-state index in [1.54, 1.807) is 0 Å². The number of benzene rings is 1. The normalized spacial score (nSPS) is 11.9. The summed E-state index contributed by atoms with van der Waals surface area (Å²) in [5.41, 5.74) is 10.6. The summed E-state index contributed by atoms with van der Waals surface area (Å²) in [7, 11) is 1.92. The lowest BCUT2D eigenvalue weighted by Crippen LogP contribution is -2.30. The SMILES string of the molecule is Cc1cc(C(C)(C)C)cc(C)c1CN(C)CC(N)=O. The summed E-state index contributed by atoms with van der Waals surface area (Å²) >= 11 is 0. The van der Waals surface area contributed by atoms with Crippen LogP contribution in [0, 0.1) is 13.8 Å². The predicted octanol–water partition coefficient (Wildman–Crippen LogP) is 2.52. The topological polar surface area (TPSA) is 46.3 Å². The van der Waals surface area contributed by atoms with Crippen LogP contribution in [0.4, 0.5) is 0 Å². The van der Waals surface area contributed by atoms with Crippen molar-refractivity contribution in [1.29, 1.82) is 0 Å². The maximum atomic E-state index is 10.9. The van der Waals surface area contributed by atoms with Gasteiger partial charge in [0.25, 0.3) is 0 Å². The molecule has 2 N–H and O–H groups in total. The Morgan fingerprint density at radius 1 is 1.21 bits per heavy atom. The Labute approximate surface area is 116 Å². The highest BCUT2D eigenvalue weighted by atomic mass is 16.1. The molecule has 0 aromatic heterocycles. The fraction of sp³-hybridized carbons (Fsp3) is 0.562. The molecule has 106 valence electrons. The number of carbonyl (C=O) groups is 1. The molecule has 1 rings (SSSR count). The zero-order valence-electron chi connectivity index (χ0n) is 13.0. The van der Waals surface area contributed by atoms with E-state index in [1.165, 1.54) is 22.3 Å². The molecule has 0 aliphatic heterocycles. The van der Waals surface area contributed by atoms with Gasteiger partial charge in [-0.05, 0) is 48.6 Å². The molecule has 1 aromatic rings. The van der Waals surface area contributed by atoms with Gasteiger partial charge in [0.1, 0.15) is 0 Å². The number of hydrogen-bond donors (Lipinski definition) is 1. The van der Waals surface area contributed by atoms with Gasteiger partial charge in [-0.15, -0.1) is 0 Å². The van der Waals surface area contributed by atoms with E-state index in [-0.39, 0.29) is 11.3 Å². The van der Waals surface area contributed by atoms with Crippen LogP contribution in [0.1, 0.15) is 43.0 Å². The van der Waals surface area contributed by atoms with E-state index < -0.39 is 0 Å². The van der Waals surface area contributed by atoms with Crippen LogP contribution < -0.4 is 5.73 Å². The molecule has 0 saturated carbocycles. The van der Waals surface area contributed by atoms with E-state index in [4.69, 9.17) is 5.73 Å². The number of nitrogens with two attached hydrogens (primary N) is 1. The Morgan fingerprint density at radius 2 is 1.68 bits per heavy atom. The summed E-state index contributed by atoms with van der Waals surface area (Å²) in [4.78, 5) is 12.9. The number of aryl methyl sites for hydroxylation is 2. The molecule has 0 fully saturated rings. The molecule has 0 saturated heterocycles. The fourth-order valence-corrected chi connectivity index (χ4v) is 2.27. The number of hydrogen-bond acceptors (Lipinski definition) is 2. The van der Waals surface area contributed by atoms with Gasteiger partial charge in [-0.3, -0.25) is 9.69 Å². The zero-order valence-corrected chi connectivity index (χ0v) is 13.0. The first-order chi connectivity index (χ1) is 8.61. The summed E-state index contributed by atoms with van der Waals surface area (Å²) < 4.78 is 0. The molecule has 0 unspecified atom stereocenters. The summed E-state index contributed by atoms with van der Waals surface area (Å²) in [6.45, 7) is 12.0. The Kier molecular flexibility index (Phi) is 4.75. The van der Waals surface area contributed by atoms with Gasteiger partial charge in [0.15, 0.2) is 0 Å². The third-order valence-electron chi connectivity index (χ3n) is 3.42. The quantitative estimate of drug-likeness (QED) is 0.906. The van der Waals surface area contributed by atoms with Gasteiger partial charge < -0.3 is 5.73 Å². The molecule has 0 spiro atoms. The molecule has 0 aliphatic rings. The molecule has 0 radical (unpaired) electrons. The van der Waals surface area contributed by atoms with Crippen LogP contribution in [-0.2, 0) is 16.8 Å². The second-order valence-electron chi connectivity index (χ2n) is 6.48. The van der Waals surface area contributed by atoms with Crippen molar-refractivity contribution >= 4 is 5.91 Å². The molecule has 0 heterocycles. The van der Waals surface area contributed by atoms with E-state index in [1.807, 2.05) is 11.9 Å². The minimum absolute atomic E-state index is 0.160. The molecule has 3 heteroatoms. The van der Waals surface area contributed by atoms with E-state index in [9.17, 15) is 4.79 Å². The molecule has 1 amide bonds. The summed E-state index contributed by atoms with van der Waals surface area (Å²) in [5, 5.41) is 0. The van der Waals surface area contributed by atoms with E-state index in [0.29, 0.717) is 6.54 Å². The van der Waals surface area contributed by atoms with Crippen LogP contribution in [0.15, 0.2) is 12.1 Å². The second kappa shape index (κ2) is 5.74. The van der Waals surface area contributed by atoms with Gasteiger partial charge in [0, 0.05) is 6.54 Å². The highest BCUT2D eigenvalue weighted by Crippen LogP contribution is 2.27. The Balaban J connectivity index is 3.01. The highest BCUT2D eigenvalue weighted by Gasteiger charge is 2.17. The average Bonchev–Trinajstić information content (AvgIpc) is 2.20. The standard InChI is InChI=1S/C16H26N2O/c1-11-7-13(16(3,4)5)8-12(2)14(11)9-18(6)10-15(17)19/h7-8H,9-10H2,1-6H3,(H2,17,19). The monoisotopic (exact) mass is 262 g/mol. The van der Waals surface area contributed by atoms with Crippen molar-refractivity contribution in [3.8, 4) is 0 Å². The molecule has 19 heavy (non-hydrogen) atoms. The number of carbonyl (C=O) groups excluding carboxylic acids is 1.